The number of benzene rings is 1. The summed E-state index contributed by atoms with van der Waals surface area (Å²) in [6, 6.07) is 8.01. The molecule has 0 aliphatic rings. The molecule has 4 N–H and O–H groups in total. The quantitative estimate of drug-likeness (QED) is 0.656. The van der Waals surface area contributed by atoms with E-state index in [4.69, 9.17) is 11.5 Å². The average molecular weight is 178 g/mol. The van der Waals surface area contributed by atoms with Gasteiger partial charge in [0.1, 0.15) is 0 Å². The highest BCUT2D eigenvalue weighted by Gasteiger charge is 2.01. The highest BCUT2D eigenvalue weighted by molar-refractivity contribution is 7.19. The summed E-state index contributed by atoms with van der Waals surface area (Å²) in [6.07, 6.45) is 0. The summed E-state index contributed by atoms with van der Waals surface area (Å²) < 4.78 is 1.22. The van der Waals surface area contributed by atoms with Gasteiger partial charge in [-0.2, -0.15) is 0 Å². The Bertz CT molecular complexity index is 406. The Morgan fingerprint density at radius 1 is 1.33 bits per heavy atom. The van der Waals surface area contributed by atoms with Gasteiger partial charge >= 0.3 is 0 Å². The van der Waals surface area contributed by atoms with Crippen LogP contribution in [-0.2, 0) is 6.54 Å². The minimum atomic E-state index is 0.596. The molecule has 0 radical (unpaired) electrons. The van der Waals surface area contributed by atoms with Gasteiger partial charge in [-0.05, 0) is 18.2 Å². The predicted octanol–water partition coefficient (Wildman–Crippen LogP) is 1.94. The number of fused-ring (bicyclic) bond motifs is 1. The second kappa shape index (κ2) is 2.77. The molecule has 0 aliphatic carbocycles. The summed E-state index contributed by atoms with van der Waals surface area (Å²) in [5, 5.41) is 1.13. The smallest absolute Gasteiger partial charge is 0.0402 e. The van der Waals surface area contributed by atoms with Crippen LogP contribution in [0.4, 0.5) is 5.69 Å². The van der Waals surface area contributed by atoms with E-state index in [1.54, 1.807) is 11.3 Å². The Balaban J connectivity index is 2.74. The molecule has 1 aromatic carbocycles. The van der Waals surface area contributed by atoms with Crippen LogP contribution >= 0.6 is 11.3 Å². The first-order chi connectivity index (χ1) is 5.81. The van der Waals surface area contributed by atoms with Crippen LogP contribution in [0.3, 0.4) is 0 Å². The van der Waals surface area contributed by atoms with Crippen LogP contribution in [0.25, 0.3) is 10.1 Å². The van der Waals surface area contributed by atoms with E-state index in [9.17, 15) is 0 Å². The van der Waals surface area contributed by atoms with E-state index in [0.29, 0.717) is 6.54 Å². The summed E-state index contributed by atoms with van der Waals surface area (Å²) in [5.74, 6) is 0. The molecule has 12 heavy (non-hydrogen) atoms. The molecule has 0 saturated heterocycles. The van der Waals surface area contributed by atoms with E-state index in [0.717, 1.165) is 11.1 Å². The Hall–Kier alpha value is -1.06. The fourth-order valence-corrected chi connectivity index (χ4v) is 2.21. The number of hydrogen-bond acceptors (Lipinski definition) is 3. The van der Waals surface area contributed by atoms with Crippen molar-refractivity contribution in [2.24, 2.45) is 5.73 Å². The van der Waals surface area contributed by atoms with E-state index in [1.807, 2.05) is 12.1 Å². The first-order valence-electron chi connectivity index (χ1n) is 3.78. The first-order valence-corrected chi connectivity index (χ1v) is 4.60. The third kappa shape index (κ3) is 1.07. The van der Waals surface area contributed by atoms with Crippen LogP contribution in [0.15, 0.2) is 24.3 Å². The Labute approximate surface area is 74.8 Å². The Morgan fingerprint density at radius 2 is 2.17 bits per heavy atom. The van der Waals surface area contributed by atoms with Crippen LogP contribution in [-0.4, -0.2) is 0 Å². The number of nitrogens with two attached hydrogens (primary N) is 2. The molecule has 0 unspecified atom stereocenters. The van der Waals surface area contributed by atoms with Gasteiger partial charge in [0.2, 0.25) is 0 Å². The van der Waals surface area contributed by atoms with E-state index in [2.05, 4.69) is 12.1 Å². The van der Waals surface area contributed by atoms with Gasteiger partial charge in [-0.15, -0.1) is 11.3 Å². The summed E-state index contributed by atoms with van der Waals surface area (Å²) >= 11 is 1.71. The Kier molecular flexibility index (Phi) is 1.75. The van der Waals surface area contributed by atoms with Gasteiger partial charge in [0.25, 0.3) is 0 Å². The summed E-state index contributed by atoms with van der Waals surface area (Å²) in [6.45, 7) is 0.596. The lowest BCUT2D eigenvalue weighted by molar-refractivity contribution is 1.11. The van der Waals surface area contributed by atoms with Crippen LogP contribution in [0.5, 0.6) is 0 Å². The topological polar surface area (TPSA) is 52.0 Å². The number of thiophene rings is 1. The average Bonchev–Trinajstić information content (AvgIpc) is 2.49. The van der Waals surface area contributed by atoms with Gasteiger partial charge < -0.3 is 11.5 Å². The minimum Gasteiger partial charge on any atom is -0.398 e. The third-order valence-corrected chi connectivity index (χ3v) is 2.97. The maximum atomic E-state index is 5.79. The van der Waals surface area contributed by atoms with Gasteiger partial charge in [-0.25, -0.2) is 0 Å². The standard InChI is InChI=1S/C9H10N2S/c10-5-6-4-7-8(11)2-1-3-9(7)12-6/h1-4H,5,10-11H2. The highest BCUT2D eigenvalue weighted by Crippen LogP contribution is 2.29. The molecule has 0 amide bonds. The summed E-state index contributed by atoms with van der Waals surface area (Å²) in [7, 11) is 0. The number of rotatable bonds is 1. The molecular weight excluding hydrogens is 168 g/mol. The molecule has 1 aromatic heterocycles. The van der Waals surface area contributed by atoms with Crippen molar-refractivity contribution in [1.82, 2.24) is 0 Å². The normalized spacial score (nSPS) is 10.8. The largest absolute Gasteiger partial charge is 0.398 e. The molecule has 0 bridgehead atoms. The van der Waals surface area contributed by atoms with Crippen molar-refractivity contribution in [3.05, 3.63) is 29.1 Å². The van der Waals surface area contributed by atoms with E-state index >= 15 is 0 Å². The monoisotopic (exact) mass is 178 g/mol. The molecule has 0 aliphatic heterocycles. The van der Waals surface area contributed by atoms with Crippen molar-refractivity contribution in [2.75, 3.05) is 5.73 Å². The van der Waals surface area contributed by atoms with Gasteiger partial charge in [-0.3, -0.25) is 0 Å². The maximum Gasteiger partial charge on any atom is 0.0402 e. The molecule has 1 heterocycles. The molecule has 0 fully saturated rings. The van der Waals surface area contributed by atoms with Gasteiger partial charge in [-0.1, -0.05) is 6.07 Å². The highest BCUT2D eigenvalue weighted by atomic mass is 32.1. The van der Waals surface area contributed by atoms with Crippen LogP contribution in [0.2, 0.25) is 0 Å². The van der Waals surface area contributed by atoms with E-state index in [1.165, 1.54) is 9.58 Å². The van der Waals surface area contributed by atoms with Crippen molar-refractivity contribution >= 4 is 27.1 Å². The van der Waals surface area contributed by atoms with Crippen LogP contribution in [0.1, 0.15) is 4.88 Å². The molecule has 0 atom stereocenters. The maximum absolute atomic E-state index is 5.79. The molecule has 3 heteroatoms. The van der Waals surface area contributed by atoms with E-state index in [-0.39, 0.29) is 0 Å². The fraction of sp³-hybridized carbons (Fsp3) is 0.111. The second-order valence-electron chi connectivity index (χ2n) is 2.68. The summed E-state index contributed by atoms with van der Waals surface area (Å²) in [5.41, 5.74) is 12.2. The zero-order chi connectivity index (χ0) is 8.55. The van der Waals surface area contributed by atoms with Crippen LogP contribution < -0.4 is 11.5 Å². The number of hydrogen-bond donors (Lipinski definition) is 2. The fourth-order valence-electron chi connectivity index (χ4n) is 1.24. The Morgan fingerprint density at radius 3 is 2.83 bits per heavy atom. The lowest BCUT2D eigenvalue weighted by Crippen LogP contribution is -1.91. The molecule has 0 spiro atoms. The van der Waals surface area contributed by atoms with Crippen LogP contribution in [0, 0.1) is 0 Å². The number of anilines is 1. The molecular formula is C9H10N2S. The van der Waals surface area contributed by atoms with Crippen molar-refractivity contribution < 1.29 is 0 Å². The molecule has 2 aromatic rings. The van der Waals surface area contributed by atoms with Crippen molar-refractivity contribution in [3.63, 3.8) is 0 Å². The first kappa shape index (κ1) is 7.58. The molecule has 0 saturated carbocycles. The SMILES string of the molecule is NCc1cc2c(N)cccc2s1. The van der Waals surface area contributed by atoms with Crippen molar-refractivity contribution in [1.29, 1.82) is 0 Å². The lowest BCUT2D eigenvalue weighted by Gasteiger charge is -1.92. The number of nitrogen functional groups attached to an aromatic ring is 1. The second-order valence-corrected chi connectivity index (χ2v) is 3.84. The van der Waals surface area contributed by atoms with Gasteiger partial charge in [0.05, 0.1) is 0 Å². The van der Waals surface area contributed by atoms with Gasteiger partial charge in [0, 0.05) is 27.2 Å². The minimum absolute atomic E-state index is 0.596. The molecule has 62 valence electrons. The third-order valence-electron chi connectivity index (χ3n) is 1.85. The zero-order valence-electron chi connectivity index (χ0n) is 6.58. The predicted molar refractivity (Wildman–Crippen MR) is 54.1 cm³/mol. The molecule has 2 rings (SSSR count). The lowest BCUT2D eigenvalue weighted by atomic mass is 10.2. The zero-order valence-corrected chi connectivity index (χ0v) is 7.40. The van der Waals surface area contributed by atoms with Gasteiger partial charge in [0.15, 0.2) is 0 Å². The van der Waals surface area contributed by atoms with Crippen molar-refractivity contribution in [2.45, 2.75) is 6.54 Å². The molecule has 2 nitrogen and oxygen atoms in total. The summed E-state index contributed by atoms with van der Waals surface area (Å²) in [4.78, 5) is 1.18. The van der Waals surface area contributed by atoms with E-state index < -0.39 is 0 Å². The van der Waals surface area contributed by atoms with Crippen molar-refractivity contribution in [3.8, 4) is 0 Å².